The summed E-state index contributed by atoms with van der Waals surface area (Å²) in [5, 5.41) is 4.61. The van der Waals surface area contributed by atoms with Crippen LogP contribution in [0.5, 0.6) is 0 Å². The summed E-state index contributed by atoms with van der Waals surface area (Å²) in [6.07, 6.45) is -2.58. The number of fused-ring (bicyclic) bond motifs is 1. The highest BCUT2D eigenvalue weighted by atomic mass is 31.1. The maximum Gasteiger partial charge on any atom is 0.476 e. The van der Waals surface area contributed by atoms with Crippen LogP contribution in [0, 0.1) is 5.82 Å². The van der Waals surface area contributed by atoms with Gasteiger partial charge in [-0.15, -0.1) is 0 Å². The molecule has 3 aromatic rings. The molecular weight excluding hydrogens is 520 g/mol. The van der Waals surface area contributed by atoms with Crippen molar-refractivity contribution in [3.05, 3.63) is 83.7 Å². The van der Waals surface area contributed by atoms with Crippen LogP contribution < -0.4 is 5.32 Å². The van der Waals surface area contributed by atoms with E-state index in [4.69, 9.17) is 18.7 Å². The molecule has 2 atom stereocenters. The van der Waals surface area contributed by atoms with Crippen molar-refractivity contribution >= 4 is 37.3 Å². The molecule has 0 heterocycles. The number of carbonyl (C=O) groups is 3. The summed E-state index contributed by atoms with van der Waals surface area (Å²) in [6, 6.07) is 17.6. The van der Waals surface area contributed by atoms with Crippen molar-refractivity contribution in [3.8, 4) is 0 Å². The number of benzene rings is 3. The van der Waals surface area contributed by atoms with Gasteiger partial charge < -0.3 is 14.8 Å². The first-order valence-corrected chi connectivity index (χ1v) is 12.1. The second-order valence-corrected chi connectivity index (χ2v) is 8.37. The average Bonchev–Trinajstić information content (AvgIpc) is 2.86. The highest BCUT2D eigenvalue weighted by Gasteiger charge is 2.41. The normalized spacial score (nSPS) is 13.4. The highest BCUT2D eigenvalue weighted by molar-refractivity contribution is 7.17. The van der Waals surface area contributed by atoms with E-state index in [2.05, 4.69) is 10.1 Å². The van der Waals surface area contributed by atoms with E-state index in [1.165, 1.54) is 18.2 Å². The smallest absolute Gasteiger partial charge is 0.438 e. The summed E-state index contributed by atoms with van der Waals surface area (Å²) in [5.41, 5.74) is 0.888. The van der Waals surface area contributed by atoms with Crippen molar-refractivity contribution in [3.63, 3.8) is 0 Å². The van der Waals surface area contributed by atoms with Gasteiger partial charge in [0.15, 0.2) is 0 Å². The number of carbonyl (C=O) groups excluding carboxylic acids is 3. The predicted molar refractivity (Wildman–Crippen MR) is 132 cm³/mol. The molecule has 38 heavy (non-hydrogen) atoms. The zero-order chi connectivity index (χ0) is 27.5. The fourth-order valence-corrected chi connectivity index (χ4v) is 3.71. The van der Waals surface area contributed by atoms with Crippen molar-refractivity contribution in [2.24, 2.45) is 0 Å². The molecule has 1 N–H and O–H groups in total. The van der Waals surface area contributed by atoms with Crippen molar-refractivity contribution in [2.75, 3.05) is 13.4 Å². The summed E-state index contributed by atoms with van der Waals surface area (Å²) in [7, 11) is -0.988. The third-order valence-corrected chi connectivity index (χ3v) is 5.39. The minimum absolute atomic E-state index is 0.0896. The lowest BCUT2D eigenvalue weighted by molar-refractivity contribution is -0.462. The van der Waals surface area contributed by atoms with Crippen LogP contribution in [0.1, 0.15) is 29.8 Å². The molecule has 0 saturated carbocycles. The molecule has 0 radical (unpaired) electrons. The minimum Gasteiger partial charge on any atom is -0.438 e. The Bertz CT molecular complexity index is 1300. The van der Waals surface area contributed by atoms with E-state index in [1.54, 1.807) is 24.3 Å². The number of halogens is 1. The quantitative estimate of drug-likeness (QED) is 0.190. The monoisotopic (exact) mass is 545 g/mol. The van der Waals surface area contributed by atoms with Crippen LogP contribution in [-0.2, 0) is 44.0 Å². The zero-order valence-corrected chi connectivity index (χ0v) is 21.4. The maximum atomic E-state index is 13.8. The fraction of sp³-hybridized carbons (Fsp3) is 0.269. The Labute approximate surface area is 219 Å². The maximum absolute atomic E-state index is 13.8. The van der Waals surface area contributed by atoms with Crippen molar-refractivity contribution in [1.82, 2.24) is 5.32 Å². The molecule has 0 bridgehead atoms. The van der Waals surface area contributed by atoms with Gasteiger partial charge in [-0.05, 0) is 47.0 Å². The van der Waals surface area contributed by atoms with E-state index < -0.39 is 58.0 Å². The second-order valence-electron chi connectivity index (χ2n) is 8.03. The lowest BCUT2D eigenvalue weighted by atomic mass is 10.0. The Morgan fingerprint density at radius 3 is 2.39 bits per heavy atom. The van der Waals surface area contributed by atoms with Gasteiger partial charge in [0.1, 0.15) is 5.82 Å². The molecular formula is C26H25FNO9P. The Morgan fingerprint density at radius 2 is 1.71 bits per heavy atom. The first-order chi connectivity index (χ1) is 18.2. The van der Waals surface area contributed by atoms with E-state index in [9.17, 15) is 23.3 Å². The van der Waals surface area contributed by atoms with Gasteiger partial charge >= 0.3 is 26.8 Å². The SMILES string of the molecule is CC(=O)OCOC(OCC(Cc1cccc(F)c1)NC(=O)c1ccc2ccccc2c1)(OP=O)OC(C)=O. The van der Waals surface area contributed by atoms with Crippen LogP contribution in [0.25, 0.3) is 10.8 Å². The van der Waals surface area contributed by atoms with Crippen LogP contribution in [0.4, 0.5) is 4.39 Å². The van der Waals surface area contributed by atoms with Crippen LogP contribution >= 0.6 is 8.69 Å². The number of hydrogen-bond acceptors (Lipinski definition) is 9. The van der Waals surface area contributed by atoms with Gasteiger partial charge in [0.2, 0.25) is 6.79 Å². The molecule has 0 spiro atoms. The summed E-state index contributed by atoms with van der Waals surface area (Å²) in [6.45, 7) is 0.945. The lowest BCUT2D eigenvalue weighted by Gasteiger charge is -2.30. The first-order valence-electron chi connectivity index (χ1n) is 11.4. The predicted octanol–water partition coefficient (Wildman–Crippen LogP) is 4.27. The number of rotatable bonds is 13. The molecule has 0 fully saturated rings. The summed E-state index contributed by atoms with van der Waals surface area (Å²) < 4.78 is 50.2. The molecule has 3 rings (SSSR count). The molecule has 10 nitrogen and oxygen atoms in total. The van der Waals surface area contributed by atoms with Crippen molar-refractivity contribution < 1.29 is 46.8 Å². The molecule has 200 valence electrons. The van der Waals surface area contributed by atoms with Gasteiger partial charge in [-0.2, -0.15) is 4.52 Å². The molecule has 0 aliphatic rings. The fourth-order valence-electron chi connectivity index (χ4n) is 3.48. The number of hydrogen-bond donors (Lipinski definition) is 1. The van der Waals surface area contributed by atoms with E-state index in [0.29, 0.717) is 11.1 Å². The van der Waals surface area contributed by atoms with Gasteiger partial charge in [-0.1, -0.05) is 42.5 Å². The Balaban J connectivity index is 1.83. The number of nitrogens with one attached hydrogen (secondary N) is 1. The van der Waals surface area contributed by atoms with Crippen LogP contribution in [0.15, 0.2) is 66.7 Å². The number of esters is 2. The first kappa shape index (κ1) is 28.8. The average molecular weight is 545 g/mol. The Morgan fingerprint density at radius 1 is 0.947 bits per heavy atom. The van der Waals surface area contributed by atoms with E-state index in [1.807, 2.05) is 24.3 Å². The largest absolute Gasteiger partial charge is 0.476 e. The van der Waals surface area contributed by atoms with Gasteiger partial charge in [0, 0.05) is 19.4 Å². The van der Waals surface area contributed by atoms with E-state index >= 15 is 0 Å². The van der Waals surface area contributed by atoms with Gasteiger partial charge in [-0.25, -0.2) is 8.96 Å². The van der Waals surface area contributed by atoms with E-state index in [0.717, 1.165) is 24.6 Å². The summed E-state index contributed by atoms with van der Waals surface area (Å²) in [4.78, 5) is 35.9. The van der Waals surface area contributed by atoms with Crippen molar-refractivity contribution in [2.45, 2.75) is 32.5 Å². The van der Waals surface area contributed by atoms with Crippen molar-refractivity contribution in [1.29, 1.82) is 0 Å². The minimum atomic E-state index is -2.67. The molecule has 12 heteroatoms. The van der Waals surface area contributed by atoms with Gasteiger partial charge in [-0.3, -0.25) is 23.9 Å². The van der Waals surface area contributed by atoms with Crippen LogP contribution in [-0.4, -0.2) is 43.4 Å². The molecule has 2 unspecified atom stereocenters. The van der Waals surface area contributed by atoms with Gasteiger partial charge in [0.05, 0.1) is 12.6 Å². The Kier molecular flexibility index (Phi) is 10.4. The number of amides is 1. The molecule has 0 saturated heterocycles. The third kappa shape index (κ3) is 8.67. The standard InChI is InChI=1S/C26H25FNO9P/c1-17(29)33-16-35-26(37-38-32,36-18(2)30)34-15-24(13-19-6-5-9-23(27)12-19)28-25(31)22-11-10-20-7-3-4-8-21(20)14-22/h3-12,14,24H,13,15-16H2,1-2H3,(H,28,31). The topological polar surface area (TPSA) is 126 Å². The molecule has 3 aromatic carbocycles. The van der Waals surface area contributed by atoms with Gasteiger partial charge in [0.25, 0.3) is 5.91 Å². The zero-order valence-electron chi connectivity index (χ0n) is 20.5. The molecule has 0 aliphatic carbocycles. The molecule has 0 aliphatic heterocycles. The molecule has 1 amide bonds. The van der Waals surface area contributed by atoms with Crippen LogP contribution in [0.2, 0.25) is 0 Å². The summed E-state index contributed by atoms with van der Waals surface area (Å²) in [5.74, 6) is -2.58. The van der Waals surface area contributed by atoms with E-state index in [-0.39, 0.29) is 6.42 Å². The highest BCUT2D eigenvalue weighted by Crippen LogP contribution is 2.24. The van der Waals surface area contributed by atoms with Crippen LogP contribution in [0.3, 0.4) is 0 Å². The second kappa shape index (κ2) is 13.7. The number of ether oxygens (including phenoxy) is 4. The Hall–Kier alpha value is -3.76. The lowest BCUT2D eigenvalue weighted by Crippen LogP contribution is -2.47. The third-order valence-electron chi connectivity index (χ3n) is 5.09. The molecule has 0 aromatic heterocycles. The summed E-state index contributed by atoms with van der Waals surface area (Å²) >= 11 is 0.